The molecular formula is C15H16ClNO5. The molecule has 0 fully saturated rings. The maximum absolute atomic E-state index is 12.5. The lowest BCUT2D eigenvalue weighted by Crippen LogP contribution is -2.42. The molecule has 1 atom stereocenters. The molecule has 0 saturated heterocycles. The quantitative estimate of drug-likeness (QED) is 0.772. The Morgan fingerprint density at radius 1 is 1.32 bits per heavy atom. The Bertz CT molecular complexity index is 616. The maximum Gasteiger partial charge on any atom is 0.328 e. The summed E-state index contributed by atoms with van der Waals surface area (Å²) in [6, 6.07) is 4.20. The molecule has 1 aromatic carbocycles. The minimum Gasteiger partial charge on any atom is -0.469 e. The summed E-state index contributed by atoms with van der Waals surface area (Å²) in [4.78, 5) is 37.1. The number of nitrogens with zero attached hydrogens (tertiary/aromatic N) is 1. The molecule has 1 aromatic rings. The first-order chi connectivity index (χ1) is 10.5. The van der Waals surface area contributed by atoms with E-state index in [1.807, 2.05) is 0 Å². The zero-order chi connectivity index (χ0) is 16.3. The van der Waals surface area contributed by atoms with E-state index in [4.69, 9.17) is 16.3 Å². The molecule has 0 saturated carbocycles. The van der Waals surface area contributed by atoms with Crippen LogP contribution in [0.25, 0.3) is 0 Å². The van der Waals surface area contributed by atoms with Crippen molar-refractivity contribution >= 4 is 29.4 Å². The lowest BCUT2D eigenvalue weighted by molar-refractivity contribution is -0.147. The van der Waals surface area contributed by atoms with Gasteiger partial charge < -0.3 is 14.4 Å². The van der Waals surface area contributed by atoms with Crippen LogP contribution in [0.4, 0.5) is 0 Å². The largest absolute Gasteiger partial charge is 0.469 e. The number of esters is 2. The van der Waals surface area contributed by atoms with Gasteiger partial charge in [0.05, 0.1) is 14.2 Å². The van der Waals surface area contributed by atoms with Crippen LogP contribution in [0.5, 0.6) is 0 Å². The number of amides is 1. The highest BCUT2D eigenvalue weighted by Crippen LogP contribution is 2.31. The van der Waals surface area contributed by atoms with Crippen LogP contribution in [0.15, 0.2) is 18.2 Å². The van der Waals surface area contributed by atoms with E-state index in [1.165, 1.54) is 19.1 Å². The second kappa shape index (κ2) is 6.79. The SMILES string of the molecule is COC(=O)CCC(C(=O)OC)N1Cc2c(Cl)cccc2C1=O. The van der Waals surface area contributed by atoms with E-state index < -0.39 is 18.0 Å². The first-order valence-corrected chi connectivity index (χ1v) is 7.10. The van der Waals surface area contributed by atoms with Gasteiger partial charge in [-0.05, 0) is 18.6 Å². The summed E-state index contributed by atoms with van der Waals surface area (Å²) in [5, 5.41) is 0.477. The summed E-state index contributed by atoms with van der Waals surface area (Å²) in [7, 11) is 2.51. The molecule has 1 amide bonds. The number of carbonyl (C=O) groups excluding carboxylic acids is 3. The molecule has 0 spiro atoms. The predicted molar refractivity (Wildman–Crippen MR) is 78.4 cm³/mol. The Morgan fingerprint density at radius 2 is 2.05 bits per heavy atom. The maximum atomic E-state index is 12.5. The zero-order valence-electron chi connectivity index (χ0n) is 12.3. The van der Waals surface area contributed by atoms with Crippen LogP contribution in [0, 0.1) is 0 Å². The molecule has 1 heterocycles. The number of hydrogen-bond donors (Lipinski definition) is 0. The summed E-state index contributed by atoms with van der Waals surface area (Å²) in [5.74, 6) is -1.31. The Labute approximate surface area is 132 Å². The molecule has 22 heavy (non-hydrogen) atoms. The first-order valence-electron chi connectivity index (χ1n) is 6.72. The second-order valence-electron chi connectivity index (χ2n) is 4.85. The Hall–Kier alpha value is -2.08. The van der Waals surface area contributed by atoms with Crippen LogP contribution in [0.1, 0.15) is 28.8 Å². The van der Waals surface area contributed by atoms with Gasteiger partial charge in [-0.1, -0.05) is 17.7 Å². The van der Waals surface area contributed by atoms with Crippen LogP contribution in [-0.2, 0) is 25.6 Å². The lowest BCUT2D eigenvalue weighted by atomic mass is 10.1. The highest BCUT2D eigenvalue weighted by atomic mass is 35.5. The van der Waals surface area contributed by atoms with Gasteiger partial charge in [-0.2, -0.15) is 0 Å². The van der Waals surface area contributed by atoms with Crippen molar-refractivity contribution in [1.82, 2.24) is 4.90 Å². The van der Waals surface area contributed by atoms with Gasteiger partial charge >= 0.3 is 11.9 Å². The van der Waals surface area contributed by atoms with E-state index in [-0.39, 0.29) is 25.3 Å². The highest BCUT2D eigenvalue weighted by molar-refractivity contribution is 6.32. The molecule has 1 unspecified atom stereocenters. The molecule has 0 N–H and O–H groups in total. The van der Waals surface area contributed by atoms with Crippen LogP contribution < -0.4 is 0 Å². The molecule has 0 aliphatic carbocycles. The van der Waals surface area contributed by atoms with Crippen molar-refractivity contribution in [3.63, 3.8) is 0 Å². The molecule has 0 radical (unpaired) electrons. The third kappa shape index (κ3) is 3.06. The van der Waals surface area contributed by atoms with Crippen molar-refractivity contribution in [2.75, 3.05) is 14.2 Å². The number of benzene rings is 1. The van der Waals surface area contributed by atoms with Crippen LogP contribution in [0.3, 0.4) is 0 Å². The van der Waals surface area contributed by atoms with Crippen molar-refractivity contribution < 1.29 is 23.9 Å². The number of methoxy groups -OCH3 is 2. The Morgan fingerprint density at radius 3 is 2.64 bits per heavy atom. The topological polar surface area (TPSA) is 72.9 Å². The predicted octanol–water partition coefficient (Wildman–Crippen LogP) is 1.79. The molecule has 0 bridgehead atoms. The van der Waals surface area contributed by atoms with Gasteiger partial charge in [0, 0.05) is 29.1 Å². The minimum atomic E-state index is -0.847. The molecular weight excluding hydrogens is 310 g/mol. The number of ether oxygens (including phenoxy) is 2. The van der Waals surface area contributed by atoms with Crippen molar-refractivity contribution in [2.45, 2.75) is 25.4 Å². The third-order valence-electron chi connectivity index (χ3n) is 3.64. The zero-order valence-corrected chi connectivity index (χ0v) is 13.1. The van der Waals surface area contributed by atoms with Crippen molar-refractivity contribution in [1.29, 1.82) is 0 Å². The third-order valence-corrected chi connectivity index (χ3v) is 3.99. The summed E-state index contributed by atoms with van der Waals surface area (Å²) in [5.41, 5.74) is 1.15. The van der Waals surface area contributed by atoms with Gasteiger partial charge in [-0.25, -0.2) is 4.79 Å². The van der Waals surface area contributed by atoms with E-state index in [1.54, 1.807) is 18.2 Å². The lowest BCUT2D eigenvalue weighted by Gasteiger charge is -2.25. The average Bonchev–Trinajstić information content (AvgIpc) is 2.86. The fraction of sp³-hybridized carbons (Fsp3) is 0.400. The molecule has 0 aromatic heterocycles. The summed E-state index contributed by atoms with van der Waals surface area (Å²) >= 11 is 6.10. The van der Waals surface area contributed by atoms with Crippen LogP contribution in [-0.4, -0.2) is 43.0 Å². The summed E-state index contributed by atoms with van der Waals surface area (Å²) in [6.45, 7) is 0.217. The smallest absolute Gasteiger partial charge is 0.328 e. The van der Waals surface area contributed by atoms with E-state index in [9.17, 15) is 14.4 Å². The van der Waals surface area contributed by atoms with Crippen molar-refractivity contribution in [3.8, 4) is 0 Å². The van der Waals surface area contributed by atoms with E-state index >= 15 is 0 Å². The van der Waals surface area contributed by atoms with Gasteiger partial charge in [0.2, 0.25) is 0 Å². The Balaban J connectivity index is 2.23. The molecule has 1 aliphatic rings. The van der Waals surface area contributed by atoms with Gasteiger partial charge in [0.25, 0.3) is 5.91 Å². The standard InChI is InChI=1S/C15H16ClNO5/c1-21-13(18)7-6-12(15(20)22-2)17-8-10-9(14(17)19)4-3-5-11(10)16/h3-5,12H,6-8H2,1-2H3. The second-order valence-corrected chi connectivity index (χ2v) is 5.26. The molecule has 7 heteroatoms. The van der Waals surface area contributed by atoms with Crippen LogP contribution in [0.2, 0.25) is 5.02 Å². The van der Waals surface area contributed by atoms with E-state index in [0.717, 1.165) is 0 Å². The van der Waals surface area contributed by atoms with Gasteiger partial charge in [-0.15, -0.1) is 0 Å². The van der Waals surface area contributed by atoms with Gasteiger partial charge in [0.1, 0.15) is 6.04 Å². The molecule has 1 aliphatic heterocycles. The number of hydrogen-bond acceptors (Lipinski definition) is 5. The van der Waals surface area contributed by atoms with Crippen molar-refractivity contribution in [3.05, 3.63) is 34.3 Å². The average molecular weight is 326 g/mol. The van der Waals surface area contributed by atoms with Crippen LogP contribution >= 0.6 is 11.6 Å². The number of halogens is 1. The fourth-order valence-electron chi connectivity index (χ4n) is 2.46. The molecule has 2 rings (SSSR count). The number of carbonyl (C=O) groups is 3. The fourth-order valence-corrected chi connectivity index (χ4v) is 2.70. The normalized spacial score (nSPS) is 14.5. The van der Waals surface area contributed by atoms with E-state index in [2.05, 4.69) is 4.74 Å². The highest BCUT2D eigenvalue weighted by Gasteiger charge is 2.37. The minimum absolute atomic E-state index is 0.0180. The summed E-state index contributed by atoms with van der Waals surface area (Å²) in [6.07, 6.45) is 0.154. The number of fused-ring (bicyclic) bond motifs is 1. The van der Waals surface area contributed by atoms with E-state index in [0.29, 0.717) is 16.1 Å². The molecule has 118 valence electrons. The van der Waals surface area contributed by atoms with Crippen molar-refractivity contribution in [2.24, 2.45) is 0 Å². The first kappa shape index (κ1) is 16.3. The Kier molecular flexibility index (Phi) is 5.03. The molecule has 6 nitrogen and oxygen atoms in total. The van der Waals surface area contributed by atoms with Gasteiger partial charge in [-0.3, -0.25) is 9.59 Å². The monoisotopic (exact) mass is 325 g/mol. The number of rotatable bonds is 5. The van der Waals surface area contributed by atoms with Gasteiger partial charge in [0.15, 0.2) is 0 Å². The summed E-state index contributed by atoms with van der Waals surface area (Å²) < 4.78 is 9.32.